The van der Waals surface area contributed by atoms with Gasteiger partial charge in [0, 0.05) is 13.2 Å². The third-order valence-corrected chi connectivity index (χ3v) is 3.18. The summed E-state index contributed by atoms with van der Waals surface area (Å²) >= 11 is 0. The standard InChI is InChI=1S/C10H19NO/c1-11-9(7-3-4-7)10(12-2)8-5-6-8/h7-11H,3-6H2,1-2H3. The zero-order valence-corrected chi connectivity index (χ0v) is 8.05. The molecule has 2 saturated carbocycles. The summed E-state index contributed by atoms with van der Waals surface area (Å²) in [7, 11) is 3.92. The Hall–Kier alpha value is -0.0800. The van der Waals surface area contributed by atoms with E-state index in [4.69, 9.17) is 4.74 Å². The van der Waals surface area contributed by atoms with Gasteiger partial charge in [0.15, 0.2) is 0 Å². The number of hydrogen-bond acceptors (Lipinski definition) is 2. The molecule has 2 fully saturated rings. The normalized spacial score (nSPS) is 28.5. The van der Waals surface area contributed by atoms with Crippen molar-refractivity contribution in [1.29, 1.82) is 0 Å². The lowest BCUT2D eigenvalue weighted by molar-refractivity contribution is 0.0466. The SMILES string of the molecule is CNC(C1CC1)C(OC)C1CC1. The molecular weight excluding hydrogens is 150 g/mol. The summed E-state index contributed by atoms with van der Waals surface area (Å²) in [6, 6.07) is 0.627. The van der Waals surface area contributed by atoms with Gasteiger partial charge in [0.1, 0.15) is 0 Å². The van der Waals surface area contributed by atoms with Gasteiger partial charge in [0.05, 0.1) is 6.10 Å². The molecule has 0 aromatic heterocycles. The van der Waals surface area contributed by atoms with Crippen LogP contribution in [0.25, 0.3) is 0 Å². The van der Waals surface area contributed by atoms with E-state index in [2.05, 4.69) is 12.4 Å². The van der Waals surface area contributed by atoms with E-state index in [9.17, 15) is 0 Å². The molecule has 0 radical (unpaired) electrons. The van der Waals surface area contributed by atoms with Crippen LogP contribution < -0.4 is 5.32 Å². The molecule has 70 valence electrons. The van der Waals surface area contributed by atoms with Crippen molar-refractivity contribution >= 4 is 0 Å². The van der Waals surface area contributed by atoms with Gasteiger partial charge in [-0.1, -0.05) is 0 Å². The molecular formula is C10H19NO. The Labute approximate surface area is 74.7 Å². The minimum Gasteiger partial charge on any atom is -0.380 e. The van der Waals surface area contributed by atoms with Crippen LogP contribution in [0.2, 0.25) is 0 Å². The summed E-state index contributed by atoms with van der Waals surface area (Å²) in [5, 5.41) is 3.41. The van der Waals surface area contributed by atoms with E-state index < -0.39 is 0 Å². The number of likely N-dealkylation sites (N-methyl/N-ethyl adjacent to an activating group) is 1. The predicted octanol–water partition coefficient (Wildman–Crippen LogP) is 1.41. The molecule has 0 aromatic rings. The zero-order valence-electron chi connectivity index (χ0n) is 8.05. The summed E-state index contributed by atoms with van der Waals surface area (Å²) in [5.41, 5.74) is 0. The number of nitrogens with one attached hydrogen (secondary N) is 1. The Bertz CT molecular complexity index is 134. The molecule has 2 unspecified atom stereocenters. The van der Waals surface area contributed by atoms with Gasteiger partial charge in [-0.2, -0.15) is 0 Å². The molecule has 2 aliphatic carbocycles. The van der Waals surface area contributed by atoms with Crippen LogP contribution in [0.1, 0.15) is 25.7 Å². The average Bonchev–Trinajstić information content (AvgIpc) is 2.85. The van der Waals surface area contributed by atoms with Crippen molar-refractivity contribution in [1.82, 2.24) is 5.32 Å². The average molecular weight is 169 g/mol. The first-order valence-corrected chi connectivity index (χ1v) is 5.07. The Morgan fingerprint density at radius 3 is 2.08 bits per heavy atom. The predicted molar refractivity (Wildman–Crippen MR) is 49.1 cm³/mol. The van der Waals surface area contributed by atoms with Crippen LogP contribution in [0.15, 0.2) is 0 Å². The lowest BCUT2D eigenvalue weighted by Crippen LogP contribution is -2.41. The number of hydrogen-bond donors (Lipinski definition) is 1. The molecule has 0 bridgehead atoms. The molecule has 0 aromatic carbocycles. The van der Waals surface area contributed by atoms with Gasteiger partial charge in [-0.05, 0) is 44.6 Å². The maximum Gasteiger partial charge on any atom is 0.0754 e. The van der Waals surface area contributed by atoms with Crippen LogP contribution in [0, 0.1) is 11.8 Å². The molecule has 2 heteroatoms. The highest BCUT2D eigenvalue weighted by molar-refractivity contribution is 4.97. The van der Waals surface area contributed by atoms with Crippen LogP contribution in [-0.2, 0) is 4.74 Å². The topological polar surface area (TPSA) is 21.3 Å². The van der Waals surface area contributed by atoms with Crippen LogP contribution in [-0.4, -0.2) is 26.3 Å². The molecule has 1 N–H and O–H groups in total. The summed E-state index contributed by atoms with van der Waals surface area (Å²) in [6.45, 7) is 0. The Kier molecular flexibility index (Phi) is 2.37. The monoisotopic (exact) mass is 169 g/mol. The van der Waals surface area contributed by atoms with E-state index in [1.54, 1.807) is 0 Å². The summed E-state index contributed by atoms with van der Waals surface area (Å²) in [6.07, 6.45) is 6.05. The maximum absolute atomic E-state index is 5.57. The first-order chi connectivity index (χ1) is 5.86. The summed E-state index contributed by atoms with van der Waals surface area (Å²) in [5.74, 6) is 1.76. The summed E-state index contributed by atoms with van der Waals surface area (Å²) < 4.78 is 5.57. The van der Waals surface area contributed by atoms with Crippen molar-refractivity contribution in [2.45, 2.75) is 37.8 Å². The third kappa shape index (κ3) is 1.64. The van der Waals surface area contributed by atoms with Crippen molar-refractivity contribution in [2.75, 3.05) is 14.2 Å². The fourth-order valence-corrected chi connectivity index (χ4v) is 2.18. The first kappa shape index (κ1) is 8.52. The van der Waals surface area contributed by atoms with Gasteiger partial charge in [0.25, 0.3) is 0 Å². The molecule has 2 rings (SSSR count). The second kappa shape index (κ2) is 3.35. The fourth-order valence-electron chi connectivity index (χ4n) is 2.18. The minimum absolute atomic E-state index is 0.488. The highest BCUT2D eigenvalue weighted by atomic mass is 16.5. The van der Waals surface area contributed by atoms with Gasteiger partial charge >= 0.3 is 0 Å². The van der Waals surface area contributed by atoms with Crippen LogP contribution in [0.4, 0.5) is 0 Å². The highest BCUT2D eigenvalue weighted by Gasteiger charge is 2.42. The van der Waals surface area contributed by atoms with Crippen LogP contribution >= 0.6 is 0 Å². The molecule has 0 amide bonds. The molecule has 0 spiro atoms. The molecule has 0 heterocycles. The Morgan fingerprint density at radius 1 is 1.17 bits per heavy atom. The largest absolute Gasteiger partial charge is 0.380 e. The van der Waals surface area contributed by atoms with Crippen molar-refractivity contribution in [3.63, 3.8) is 0 Å². The molecule has 2 nitrogen and oxygen atoms in total. The molecule has 0 aliphatic heterocycles. The van der Waals surface area contributed by atoms with E-state index in [0.717, 1.165) is 11.8 Å². The van der Waals surface area contributed by atoms with Crippen molar-refractivity contribution < 1.29 is 4.74 Å². The van der Waals surface area contributed by atoms with Crippen LogP contribution in [0.5, 0.6) is 0 Å². The molecule has 2 aliphatic rings. The second-order valence-electron chi connectivity index (χ2n) is 4.19. The van der Waals surface area contributed by atoms with E-state index in [1.807, 2.05) is 7.11 Å². The number of rotatable bonds is 5. The maximum atomic E-state index is 5.57. The zero-order chi connectivity index (χ0) is 8.55. The lowest BCUT2D eigenvalue weighted by Gasteiger charge is -2.25. The smallest absolute Gasteiger partial charge is 0.0754 e. The molecule has 2 atom stereocenters. The quantitative estimate of drug-likeness (QED) is 0.672. The van der Waals surface area contributed by atoms with E-state index >= 15 is 0 Å². The Balaban J connectivity index is 1.91. The second-order valence-corrected chi connectivity index (χ2v) is 4.19. The molecule has 0 saturated heterocycles. The van der Waals surface area contributed by atoms with Crippen molar-refractivity contribution in [3.05, 3.63) is 0 Å². The number of methoxy groups -OCH3 is 1. The van der Waals surface area contributed by atoms with Crippen molar-refractivity contribution in [3.8, 4) is 0 Å². The fraction of sp³-hybridized carbons (Fsp3) is 1.00. The highest BCUT2D eigenvalue weighted by Crippen LogP contribution is 2.42. The van der Waals surface area contributed by atoms with E-state index in [1.165, 1.54) is 25.7 Å². The lowest BCUT2D eigenvalue weighted by atomic mass is 10.0. The number of ether oxygens (including phenoxy) is 1. The third-order valence-electron chi connectivity index (χ3n) is 3.18. The molecule has 12 heavy (non-hydrogen) atoms. The van der Waals surface area contributed by atoms with Crippen LogP contribution in [0.3, 0.4) is 0 Å². The van der Waals surface area contributed by atoms with Gasteiger partial charge in [-0.25, -0.2) is 0 Å². The van der Waals surface area contributed by atoms with Crippen molar-refractivity contribution in [2.24, 2.45) is 11.8 Å². The first-order valence-electron chi connectivity index (χ1n) is 5.07. The van der Waals surface area contributed by atoms with Gasteiger partial charge in [-0.3, -0.25) is 0 Å². The van der Waals surface area contributed by atoms with Gasteiger partial charge < -0.3 is 10.1 Å². The summed E-state index contributed by atoms with van der Waals surface area (Å²) in [4.78, 5) is 0. The van der Waals surface area contributed by atoms with Gasteiger partial charge in [-0.15, -0.1) is 0 Å². The van der Waals surface area contributed by atoms with Gasteiger partial charge in [0.2, 0.25) is 0 Å². The van der Waals surface area contributed by atoms with E-state index in [-0.39, 0.29) is 0 Å². The van der Waals surface area contributed by atoms with E-state index in [0.29, 0.717) is 12.1 Å². The minimum atomic E-state index is 0.488. The Morgan fingerprint density at radius 2 is 1.75 bits per heavy atom.